The average molecular weight is 243 g/mol. The molecule has 5 nitrogen and oxygen atoms in total. The van der Waals surface area contributed by atoms with Gasteiger partial charge in [0.15, 0.2) is 0 Å². The minimum atomic E-state index is -3.57. The van der Waals surface area contributed by atoms with Crippen LogP contribution in [0.15, 0.2) is 12.1 Å². The Kier molecular flexibility index (Phi) is 3.47. The fourth-order valence-corrected chi connectivity index (χ4v) is 1.72. The highest BCUT2D eigenvalue weighted by Crippen LogP contribution is 2.20. The Morgan fingerprint density at radius 2 is 2.19 bits per heavy atom. The smallest absolute Gasteiger partial charge is 0.229 e. The molecule has 1 aromatic carbocycles. The predicted octanol–water partition coefficient (Wildman–Crippen LogP) is 0.528. The molecule has 0 spiro atoms. The molecule has 0 fully saturated rings. The van der Waals surface area contributed by atoms with E-state index in [4.69, 9.17) is 11.0 Å². The van der Waals surface area contributed by atoms with Gasteiger partial charge in [0.05, 0.1) is 23.6 Å². The quantitative estimate of drug-likeness (QED) is 0.809. The summed E-state index contributed by atoms with van der Waals surface area (Å²) in [6.07, 6.45) is 0.898. The molecule has 0 bridgehead atoms. The molecule has 7 heteroatoms. The van der Waals surface area contributed by atoms with Crippen LogP contribution in [0.25, 0.3) is 0 Å². The Labute approximate surface area is 92.7 Å². The molecule has 0 atom stereocenters. The molecule has 0 aliphatic rings. The average Bonchev–Trinajstić information content (AvgIpc) is 2.18. The number of nitrogens with zero attached hydrogens (tertiary/aromatic N) is 1. The van der Waals surface area contributed by atoms with Gasteiger partial charge >= 0.3 is 0 Å². The van der Waals surface area contributed by atoms with E-state index in [1.165, 1.54) is 0 Å². The van der Waals surface area contributed by atoms with E-state index in [2.05, 4.69) is 0 Å². The molecule has 0 saturated carbocycles. The van der Waals surface area contributed by atoms with E-state index in [9.17, 15) is 12.8 Å². The van der Waals surface area contributed by atoms with Crippen LogP contribution in [0.5, 0.6) is 0 Å². The summed E-state index contributed by atoms with van der Waals surface area (Å²) in [4.78, 5) is 0. The lowest BCUT2D eigenvalue weighted by Gasteiger charge is -2.08. The Morgan fingerprint density at radius 3 is 2.62 bits per heavy atom. The van der Waals surface area contributed by atoms with E-state index in [1.54, 1.807) is 0 Å². The molecular formula is C9H10FN3O2S. The largest absolute Gasteiger partial charge is 0.326 e. The maximum Gasteiger partial charge on any atom is 0.229 e. The molecule has 86 valence electrons. The van der Waals surface area contributed by atoms with Gasteiger partial charge in [0.1, 0.15) is 5.82 Å². The van der Waals surface area contributed by atoms with Crippen LogP contribution in [0.3, 0.4) is 0 Å². The van der Waals surface area contributed by atoms with Crippen LogP contribution in [-0.4, -0.2) is 14.7 Å². The minimum Gasteiger partial charge on any atom is -0.326 e. The van der Waals surface area contributed by atoms with Crippen LogP contribution in [0.4, 0.5) is 10.1 Å². The van der Waals surface area contributed by atoms with Gasteiger partial charge in [-0.3, -0.25) is 4.72 Å². The Balaban J connectivity index is 3.28. The normalized spacial score (nSPS) is 10.9. The topological polar surface area (TPSA) is 96.0 Å². The van der Waals surface area contributed by atoms with E-state index < -0.39 is 15.8 Å². The number of rotatable bonds is 3. The second-order valence-electron chi connectivity index (χ2n) is 3.18. The van der Waals surface area contributed by atoms with Gasteiger partial charge in [-0.15, -0.1) is 0 Å². The Bertz CT molecular complexity index is 549. The van der Waals surface area contributed by atoms with Crippen molar-refractivity contribution in [1.82, 2.24) is 0 Å². The molecule has 0 aliphatic carbocycles. The van der Waals surface area contributed by atoms with E-state index >= 15 is 0 Å². The van der Waals surface area contributed by atoms with Gasteiger partial charge in [-0.1, -0.05) is 0 Å². The molecule has 0 radical (unpaired) electrons. The lowest BCUT2D eigenvalue weighted by Crippen LogP contribution is -2.12. The first kappa shape index (κ1) is 12.4. The SMILES string of the molecule is CS(=O)(=O)Nc1cc(C#N)c(CN)cc1F. The number of anilines is 1. The van der Waals surface area contributed by atoms with Gasteiger partial charge in [-0.2, -0.15) is 5.26 Å². The van der Waals surface area contributed by atoms with Crippen molar-refractivity contribution in [2.24, 2.45) is 5.73 Å². The summed E-state index contributed by atoms with van der Waals surface area (Å²) in [5.41, 5.74) is 5.54. The van der Waals surface area contributed by atoms with Gasteiger partial charge in [-0.05, 0) is 17.7 Å². The van der Waals surface area contributed by atoms with Crippen LogP contribution in [0.2, 0.25) is 0 Å². The second-order valence-corrected chi connectivity index (χ2v) is 4.93. The van der Waals surface area contributed by atoms with Crippen molar-refractivity contribution in [3.63, 3.8) is 0 Å². The zero-order valence-corrected chi connectivity index (χ0v) is 9.31. The first-order chi connectivity index (χ1) is 7.37. The van der Waals surface area contributed by atoms with E-state index in [1.807, 2.05) is 10.8 Å². The van der Waals surface area contributed by atoms with Crippen LogP contribution in [-0.2, 0) is 16.6 Å². The van der Waals surface area contributed by atoms with Crippen molar-refractivity contribution in [3.05, 3.63) is 29.1 Å². The maximum absolute atomic E-state index is 13.4. The molecule has 16 heavy (non-hydrogen) atoms. The van der Waals surface area contributed by atoms with Crippen LogP contribution >= 0.6 is 0 Å². The summed E-state index contributed by atoms with van der Waals surface area (Å²) in [6, 6.07) is 3.99. The second kappa shape index (κ2) is 4.47. The molecule has 0 heterocycles. The lowest BCUT2D eigenvalue weighted by atomic mass is 10.1. The summed E-state index contributed by atoms with van der Waals surface area (Å²) in [5, 5.41) is 8.76. The van der Waals surface area contributed by atoms with Gasteiger partial charge in [0.2, 0.25) is 10.0 Å². The molecule has 0 unspecified atom stereocenters. The molecule has 1 rings (SSSR count). The van der Waals surface area contributed by atoms with Gasteiger partial charge in [0, 0.05) is 6.54 Å². The van der Waals surface area contributed by atoms with Gasteiger partial charge in [-0.25, -0.2) is 12.8 Å². The highest BCUT2D eigenvalue weighted by Gasteiger charge is 2.11. The summed E-state index contributed by atoms with van der Waals surface area (Å²) in [5.74, 6) is -0.759. The minimum absolute atomic E-state index is 0.0129. The number of halogens is 1. The molecular weight excluding hydrogens is 233 g/mol. The molecule has 0 aliphatic heterocycles. The van der Waals surface area contributed by atoms with E-state index in [0.717, 1.165) is 18.4 Å². The Morgan fingerprint density at radius 1 is 1.56 bits per heavy atom. The van der Waals surface area contributed by atoms with Crippen LogP contribution in [0, 0.1) is 17.1 Å². The first-order valence-electron chi connectivity index (χ1n) is 4.27. The van der Waals surface area contributed by atoms with Crippen molar-refractivity contribution < 1.29 is 12.8 Å². The molecule has 3 N–H and O–H groups in total. The summed E-state index contributed by atoms with van der Waals surface area (Å²) in [7, 11) is -3.57. The zero-order valence-electron chi connectivity index (χ0n) is 8.49. The maximum atomic E-state index is 13.4. The fraction of sp³-hybridized carbons (Fsp3) is 0.222. The standard InChI is InChI=1S/C9H10FN3O2S/c1-16(14,15)13-9-3-7(5-12)6(4-11)2-8(9)10/h2-3,13H,4,11H2,1H3. The van der Waals surface area contributed by atoms with Crippen molar-refractivity contribution >= 4 is 15.7 Å². The molecule has 0 saturated heterocycles. The number of nitrogens with two attached hydrogens (primary N) is 1. The Hall–Kier alpha value is -1.65. The highest BCUT2D eigenvalue weighted by atomic mass is 32.2. The zero-order chi connectivity index (χ0) is 12.3. The summed E-state index contributed by atoms with van der Waals surface area (Å²) in [6.45, 7) is 0.0129. The number of benzene rings is 1. The van der Waals surface area contributed by atoms with Crippen LogP contribution < -0.4 is 10.5 Å². The number of nitrogens with one attached hydrogen (secondary N) is 1. The third-order valence-corrected chi connectivity index (χ3v) is 2.42. The monoisotopic (exact) mass is 243 g/mol. The summed E-state index contributed by atoms with van der Waals surface area (Å²) < 4.78 is 37.2. The first-order valence-corrected chi connectivity index (χ1v) is 6.17. The number of hydrogen-bond acceptors (Lipinski definition) is 4. The van der Waals surface area contributed by atoms with E-state index in [-0.39, 0.29) is 17.8 Å². The van der Waals surface area contributed by atoms with Crippen molar-refractivity contribution in [1.29, 1.82) is 5.26 Å². The molecule has 1 aromatic rings. The summed E-state index contributed by atoms with van der Waals surface area (Å²) >= 11 is 0. The van der Waals surface area contributed by atoms with Gasteiger partial charge in [0.25, 0.3) is 0 Å². The van der Waals surface area contributed by atoms with Crippen molar-refractivity contribution in [2.45, 2.75) is 6.54 Å². The highest BCUT2D eigenvalue weighted by molar-refractivity contribution is 7.92. The number of nitriles is 1. The third kappa shape index (κ3) is 2.92. The fourth-order valence-electron chi connectivity index (χ4n) is 1.17. The van der Waals surface area contributed by atoms with Crippen LogP contribution in [0.1, 0.15) is 11.1 Å². The lowest BCUT2D eigenvalue weighted by molar-refractivity contribution is 0.603. The van der Waals surface area contributed by atoms with Crippen molar-refractivity contribution in [3.8, 4) is 6.07 Å². The molecule has 0 amide bonds. The van der Waals surface area contributed by atoms with Gasteiger partial charge < -0.3 is 5.73 Å². The van der Waals surface area contributed by atoms with Crippen molar-refractivity contribution in [2.75, 3.05) is 11.0 Å². The predicted molar refractivity (Wildman–Crippen MR) is 57.5 cm³/mol. The van der Waals surface area contributed by atoms with E-state index in [0.29, 0.717) is 5.56 Å². The number of hydrogen-bond donors (Lipinski definition) is 2. The third-order valence-electron chi connectivity index (χ3n) is 1.83. The number of sulfonamides is 1. The molecule has 0 aromatic heterocycles.